The third-order valence-corrected chi connectivity index (χ3v) is 3.39. The van der Waals surface area contributed by atoms with Crippen LogP contribution >= 0.6 is 0 Å². The van der Waals surface area contributed by atoms with Crippen molar-refractivity contribution < 1.29 is 4.92 Å². The molecule has 1 saturated heterocycles. The Kier molecular flexibility index (Phi) is 5.09. The van der Waals surface area contributed by atoms with E-state index in [2.05, 4.69) is 15.3 Å². The molecule has 2 heterocycles. The fourth-order valence-electron chi connectivity index (χ4n) is 2.34. The van der Waals surface area contributed by atoms with Crippen LogP contribution in [-0.4, -0.2) is 41.1 Å². The van der Waals surface area contributed by atoms with Gasteiger partial charge in [-0.2, -0.15) is 9.97 Å². The number of rotatable bonds is 6. The Hall–Kier alpha value is -2.16. The summed E-state index contributed by atoms with van der Waals surface area (Å²) >= 11 is 0. The van der Waals surface area contributed by atoms with Crippen molar-refractivity contribution in [1.29, 1.82) is 0 Å². The molecule has 0 radical (unpaired) electrons. The van der Waals surface area contributed by atoms with Gasteiger partial charge in [0.1, 0.15) is 0 Å². The SMILES string of the molecule is NCCCNc1nc(N)c([N+](=O)[O-])c(N2CCCCC2)n1. The number of nitrogen functional groups attached to an aromatic ring is 1. The van der Waals surface area contributed by atoms with Gasteiger partial charge in [0.25, 0.3) is 0 Å². The highest BCUT2D eigenvalue weighted by atomic mass is 16.6. The van der Waals surface area contributed by atoms with Crippen molar-refractivity contribution >= 4 is 23.3 Å². The molecule has 0 saturated carbocycles. The molecule has 9 nitrogen and oxygen atoms in total. The van der Waals surface area contributed by atoms with Crippen molar-refractivity contribution in [2.45, 2.75) is 25.7 Å². The van der Waals surface area contributed by atoms with Gasteiger partial charge in [-0.05, 0) is 32.2 Å². The van der Waals surface area contributed by atoms with Crippen LogP contribution in [0.5, 0.6) is 0 Å². The van der Waals surface area contributed by atoms with Crippen LogP contribution in [0.4, 0.5) is 23.3 Å². The fraction of sp³-hybridized carbons (Fsp3) is 0.667. The van der Waals surface area contributed by atoms with E-state index in [1.807, 2.05) is 4.90 Å². The molecule has 0 unspecified atom stereocenters. The number of nitrogens with two attached hydrogens (primary N) is 2. The first-order valence-corrected chi connectivity index (χ1v) is 7.14. The van der Waals surface area contributed by atoms with Crippen molar-refractivity contribution in [2.24, 2.45) is 5.73 Å². The molecule has 1 aromatic heterocycles. The number of nitrogens with one attached hydrogen (secondary N) is 1. The first-order valence-electron chi connectivity index (χ1n) is 7.14. The summed E-state index contributed by atoms with van der Waals surface area (Å²) in [6.07, 6.45) is 3.89. The van der Waals surface area contributed by atoms with Gasteiger partial charge < -0.3 is 21.7 Å². The molecule has 0 aromatic carbocycles. The summed E-state index contributed by atoms with van der Waals surface area (Å²) in [7, 11) is 0. The number of anilines is 3. The summed E-state index contributed by atoms with van der Waals surface area (Å²) < 4.78 is 0. The van der Waals surface area contributed by atoms with Gasteiger partial charge in [0.2, 0.25) is 17.6 Å². The van der Waals surface area contributed by atoms with E-state index in [1.54, 1.807) is 0 Å². The van der Waals surface area contributed by atoms with Crippen LogP contribution in [-0.2, 0) is 0 Å². The van der Waals surface area contributed by atoms with Crippen LogP contribution in [0.2, 0.25) is 0 Å². The van der Waals surface area contributed by atoms with Gasteiger partial charge in [-0.15, -0.1) is 0 Å². The molecule has 5 N–H and O–H groups in total. The number of aromatic nitrogens is 2. The molecule has 0 spiro atoms. The van der Waals surface area contributed by atoms with Gasteiger partial charge in [-0.1, -0.05) is 0 Å². The summed E-state index contributed by atoms with van der Waals surface area (Å²) in [5.74, 6) is 0.514. The minimum Gasteiger partial charge on any atom is -0.378 e. The Bertz CT molecular complexity index is 503. The molecular weight excluding hydrogens is 274 g/mol. The number of piperidine rings is 1. The van der Waals surface area contributed by atoms with E-state index < -0.39 is 4.92 Å². The zero-order chi connectivity index (χ0) is 15.2. The predicted octanol–water partition coefficient (Wildman–Crippen LogP) is 0.718. The number of hydrogen-bond donors (Lipinski definition) is 3. The lowest BCUT2D eigenvalue weighted by molar-refractivity contribution is -0.383. The second-order valence-corrected chi connectivity index (χ2v) is 4.98. The molecule has 1 aliphatic rings. The molecule has 0 amide bonds. The minimum atomic E-state index is -0.511. The van der Waals surface area contributed by atoms with E-state index in [0.717, 1.165) is 38.8 Å². The van der Waals surface area contributed by atoms with E-state index >= 15 is 0 Å². The summed E-state index contributed by atoms with van der Waals surface area (Å²) in [6.45, 7) is 2.65. The first-order chi connectivity index (χ1) is 10.1. The van der Waals surface area contributed by atoms with E-state index in [1.165, 1.54) is 0 Å². The molecule has 1 aliphatic heterocycles. The zero-order valence-corrected chi connectivity index (χ0v) is 11.9. The monoisotopic (exact) mass is 295 g/mol. The van der Waals surface area contributed by atoms with Crippen LogP contribution in [0, 0.1) is 10.1 Å². The molecule has 9 heteroatoms. The lowest BCUT2D eigenvalue weighted by Crippen LogP contribution is -2.31. The highest BCUT2D eigenvalue weighted by molar-refractivity contribution is 5.71. The van der Waals surface area contributed by atoms with Crippen molar-refractivity contribution in [3.63, 3.8) is 0 Å². The lowest BCUT2D eigenvalue weighted by Gasteiger charge is -2.27. The summed E-state index contributed by atoms with van der Waals surface area (Å²) in [4.78, 5) is 20.9. The molecule has 1 fully saturated rings. The second kappa shape index (κ2) is 7.02. The smallest absolute Gasteiger partial charge is 0.353 e. The Morgan fingerprint density at radius 1 is 1.29 bits per heavy atom. The molecule has 0 aliphatic carbocycles. The molecular formula is C12H21N7O2. The van der Waals surface area contributed by atoms with E-state index in [4.69, 9.17) is 11.5 Å². The minimum absolute atomic E-state index is 0.106. The Balaban J connectivity index is 2.30. The second-order valence-electron chi connectivity index (χ2n) is 4.98. The first kappa shape index (κ1) is 15.2. The maximum Gasteiger partial charge on any atom is 0.353 e. The Morgan fingerprint density at radius 3 is 2.62 bits per heavy atom. The molecule has 0 bridgehead atoms. The highest BCUT2D eigenvalue weighted by Crippen LogP contribution is 2.33. The third-order valence-electron chi connectivity index (χ3n) is 3.39. The number of nitrogens with zero attached hydrogens (tertiary/aromatic N) is 4. The van der Waals surface area contributed by atoms with Crippen LogP contribution in [0.25, 0.3) is 0 Å². The molecule has 1 aromatic rings. The number of nitro groups is 1. The van der Waals surface area contributed by atoms with Gasteiger partial charge in [0.05, 0.1) is 4.92 Å². The van der Waals surface area contributed by atoms with E-state index in [0.29, 0.717) is 24.9 Å². The highest BCUT2D eigenvalue weighted by Gasteiger charge is 2.28. The quantitative estimate of drug-likeness (QED) is 0.396. The van der Waals surface area contributed by atoms with Crippen LogP contribution < -0.4 is 21.7 Å². The largest absolute Gasteiger partial charge is 0.378 e. The van der Waals surface area contributed by atoms with Crippen LogP contribution in [0.1, 0.15) is 25.7 Å². The summed E-state index contributed by atoms with van der Waals surface area (Å²) in [6, 6.07) is 0. The summed E-state index contributed by atoms with van der Waals surface area (Å²) in [5, 5.41) is 14.2. The standard InChI is InChI=1S/C12H21N7O2/c13-5-4-6-15-12-16-10(14)9(19(20)21)11(17-12)18-7-2-1-3-8-18/h1-8,13H2,(H3,14,15,16,17). The molecule has 0 atom stereocenters. The van der Waals surface area contributed by atoms with Crippen LogP contribution in [0.3, 0.4) is 0 Å². The maximum atomic E-state index is 11.2. The average molecular weight is 295 g/mol. The van der Waals surface area contributed by atoms with Gasteiger partial charge in [0.15, 0.2) is 0 Å². The van der Waals surface area contributed by atoms with E-state index in [-0.39, 0.29) is 11.5 Å². The van der Waals surface area contributed by atoms with Crippen molar-refractivity contribution in [1.82, 2.24) is 9.97 Å². The predicted molar refractivity (Wildman–Crippen MR) is 81.3 cm³/mol. The van der Waals surface area contributed by atoms with Gasteiger partial charge in [-0.3, -0.25) is 10.1 Å². The van der Waals surface area contributed by atoms with Gasteiger partial charge >= 0.3 is 5.69 Å². The van der Waals surface area contributed by atoms with Crippen molar-refractivity contribution in [3.05, 3.63) is 10.1 Å². The fourth-order valence-corrected chi connectivity index (χ4v) is 2.34. The number of hydrogen-bond acceptors (Lipinski definition) is 8. The van der Waals surface area contributed by atoms with Crippen molar-refractivity contribution in [3.8, 4) is 0 Å². The average Bonchev–Trinajstić information content (AvgIpc) is 2.47. The normalized spacial score (nSPS) is 15.0. The lowest BCUT2D eigenvalue weighted by atomic mass is 10.1. The van der Waals surface area contributed by atoms with Gasteiger partial charge in [0, 0.05) is 19.6 Å². The van der Waals surface area contributed by atoms with E-state index in [9.17, 15) is 10.1 Å². The topological polar surface area (TPSA) is 136 Å². The molecule has 2 rings (SSSR count). The summed E-state index contributed by atoms with van der Waals surface area (Å²) in [5.41, 5.74) is 11.0. The Labute approximate surface area is 122 Å². The van der Waals surface area contributed by atoms with Gasteiger partial charge in [-0.25, -0.2) is 0 Å². The zero-order valence-electron chi connectivity index (χ0n) is 11.9. The molecule has 116 valence electrons. The van der Waals surface area contributed by atoms with Crippen molar-refractivity contribution in [2.75, 3.05) is 42.1 Å². The molecule has 21 heavy (non-hydrogen) atoms. The maximum absolute atomic E-state index is 11.2. The third kappa shape index (κ3) is 3.69. The van der Waals surface area contributed by atoms with Crippen LogP contribution in [0.15, 0.2) is 0 Å². The Morgan fingerprint density at radius 2 is 2.00 bits per heavy atom.